The number of hydrogen-bond donors (Lipinski definition) is 1. The van der Waals surface area contributed by atoms with Gasteiger partial charge >= 0.3 is 0 Å². The van der Waals surface area contributed by atoms with Crippen molar-refractivity contribution in [3.8, 4) is 0 Å². The van der Waals surface area contributed by atoms with Gasteiger partial charge in [-0.05, 0) is 34.9 Å². The Morgan fingerprint density at radius 2 is 1.70 bits per heavy atom. The molecule has 3 fully saturated rings. The van der Waals surface area contributed by atoms with Crippen molar-refractivity contribution >= 4 is 50.1 Å². The minimum atomic E-state index is -1.23. The van der Waals surface area contributed by atoms with Crippen LogP contribution in [-0.2, 0) is 25.7 Å². The highest BCUT2D eigenvalue weighted by Gasteiger charge is 2.76. The SMILES string of the molecule is C=CCN(Cc1ccccc1)C(=O)[C@H]1[C@H]2C(=O)N(CCO)C(C(=O)N(CC=C)c3ccc4ccccc4c3)C23CC(Br)[C@@H]1O3. The molecule has 8 nitrogen and oxygen atoms in total. The number of alkyl halides is 1. The molecule has 44 heavy (non-hydrogen) atoms. The van der Waals surface area contributed by atoms with E-state index in [9.17, 15) is 19.5 Å². The second-order valence-corrected chi connectivity index (χ2v) is 12.9. The van der Waals surface area contributed by atoms with Gasteiger partial charge in [0.05, 0.1) is 24.5 Å². The first kappa shape index (κ1) is 30.2. The molecule has 3 unspecified atom stereocenters. The molecule has 0 aromatic heterocycles. The van der Waals surface area contributed by atoms with Crippen LogP contribution in [0, 0.1) is 11.8 Å². The van der Waals surface area contributed by atoms with Gasteiger partial charge in [-0.25, -0.2) is 0 Å². The third-order valence-corrected chi connectivity index (χ3v) is 9.99. The number of rotatable bonds is 11. The van der Waals surface area contributed by atoms with Gasteiger partial charge in [0.1, 0.15) is 11.6 Å². The standard InChI is InChI=1S/C35H36BrN3O5/c1-3-16-37(22-23-10-6-5-7-11-23)32(41)28-29-33(42)39(18-19-40)31(35(29)21-27(36)30(28)44-35)34(43)38(17-4-2)26-15-14-24-12-8-9-13-25(24)20-26/h3-15,20,27-31,40H,1-2,16-19,21-22H2/t27?,28-,29-,30-,31?,35?/m0/s1. The number of amides is 3. The van der Waals surface area contributed by atoms with Crippen molar-refractivity contribution < 1.29 is 24.2 Å². The molecule has 228 valence electrons. The number of ether oxygens (including phenoxy) is 1. The van der Waals surface area contributed by atoms with E-state index in [0.717, 1.165) is 16.3 Å². The average Bonchev–Trinajstić information content (AvgIpc) is 3.62. The van der Waals surface area contributed by atoms with Gasteiger partial charge in [0.15, 0.2) is 0 Å². The number of likely N-dealkylation sites (tertiary alicyclic amines) is 1. The fourth-order valence-electron chi connectivity index (χ4n) is 7.39. The zero-order valence-corrected chi connectivity index (χ0v) is 26.0. The summed E-state index contributed by atoms with van der Waals surface area (Å²) in [6, 6.07) is 22.3. The molecule has 0 radical (unpaired) electrons. The summed E-state index contributed by atoms with van der Waals surface area (Å²) in [5, 5.41) is 12.0. The molecule has 1 spiro atoms. The van der Waals surface area contributed by atoms with E-state index in [2.05, 4.69) is 29.1 Å². The number of aliphatic hydroxyl groups is 1. The first-order chi connectivity index (χ1) is 21.3. The Balaban J connectivity index is 1.38. The highest BCUT2D eigenvalue weighted by atomic mass is 79.9. The Labute approximate surface area is 265 Å². The van der Waals surface area contributed by atoms with Crippen molar-refractivity contribution in [2.75, 3.05) is 31.1 Å². The third-order valence-electron chi connectivity index (χ3n) is 9.15. The number of hydrogen-bond acceptors (Lipinski definition) is 5. The maximum Gasteiger partial charge on any atom is 0.253 e. The Morgan fingerprint density at radius 1 is 1.00 bits per heavy atom. The van der Waals surface area contributed by atoms with E-state index in [1.165, 1.54) is 4.90 Å². The predicted octanol–water partition coefficient (Wildman–Crippen LogP) is 4.31. The van der Waals surface area contributed by atoms with Crippen LogP contribution in [0.15, 0.2) is 98.1 Å². The Kier molecular flexibility index (Phi) is 8.46. The highest BCUT2D eigenvalue weighted by Crippen LogP contribution is 2.60. The number of anilines is 1. The molecule has 9 heteroatoms. The van der Waals surface area contributed by atoms with Gasteiger partial charge < -0.3 is 24.5 Å². The number of fused-ring (bicyclic) bond motifs is 2. The number of aliphatic hydroxyl groups excluding tert-OH is 1. The molecular formula is C35H36BrN3O5. The summed E-state index contributed by atoms with van der Waals surface area (Å²) in [7, 11) is 0. The van der Waals surface area contributed by atoms with Crippen molar-refractivity contribution in [1.82, 2.24) is 9.80 Å². The molecule has 3 heterocycles. The lowest BCUT2D eigenvalue weighted by molar-refractivity contribution is -0.145. The lowest BCUT2D eigenvalue weighted by Crippen LogP contribution is -2.57. The summed E-state index contributed by atoms with van der Waals surface area (Å²) < 4.78 is 6.69. The van der Waals surface area contributed by atoms with Gasteiger partial charge in [-0.15, -0.1) is 13.2 Å². The second kappa shape index (κ2) is 12.3. The van der Waals surface area contributed by atoms with Crippen LogP contribution < -0.4 is 4.90 Å². The molecule has 3 aliphatic heterocycles. The number of halogens is 1. The molecule has 3 amide bonds. The Morgan fingerprint density at radius 3 is 2.41 bits per heavy atom. The maximum atomic E-state index is 14.7. The molecule has 3 aromatic carbocycles. The quantitative estimate of drug-likeness (QED) is 0.245. The lowest BCUT2D eigenvalue weighted by atomic mass is 9.70. The highest BCUT2D eigenvalue weighted by molar-refractivity contribution is 9.09. The topological polar surface area (TPSA) is 90.4 Å². The van der Waals surface area contributed by atoms with E-state index in [1.807, 2.05) is 72.8 Å². The van der Waals surface area contributed by atoms with E-state index in [4.69, 9.17) is 4.74 Å². The first-order valence-electron chi connectivity index (χ1n) is 14.9. The van der Waals surface area contributed by atoms with Crippen molar-refractivity contribution in [3.05, 3.63) is 104 Å². The predicted molar refractivity (Wildman–Crippen MR) is 173 cm³/mol. The normalized spacial score (nSPS) is 26.9. The number of nitrogens with zero attached hydrogens (tertiary/aromatic N) is 3. The van der Waals surface area contributed by atoms with E-state index < -0.39 is 29.6 Å². The van der Waals surface area contributed by atoms with Gasteiger partial charge in [0.2, 0.25) is 11.8 Å². The van der Waals surface area contributed by atoms with Crippen LogP contribution in [0.25, 0.3) is 10.8 Å². The molecule has 6 atom stereocenters. The summed E-state index contributed by atoms with van der Waals surface area (Å²) in [5.74, 6) is -2.54. The van der Waals surface area contributed by atoms with Crippen LogP contribution in [0.2, 0.25) is 0 Å². The largest absolute Gasteiger partial charge is 0.395 e. The van der Waals surface area contributed by atoms with E-state index >= 15 is 0 Å². The van der Waals surface area contributed by atoms with Crippen LogP contribution in [-0.4, -0.2) is 81.4 Å². The van der Waals surface area contributed by atoms with Gasteiger partial charge in [-0.2, -0.15) is 0 Å². The van der Waals surface area contributed by atoms with Crippen LogP contribution in [0.5, 0.6) is 0 Å². The summed E-state index contributed by atoms with van der Waals surface area (Å²) in [5.41, 5.74) is 0.395. The molecular weight excluding hydrogens is 622 g/mol. The Bertz CT molecular complexity index is 1600. The van der Waals surface area contributed by atoms with E-state index in [-0.39, 0.29) is 42.2 Å². The lowest BCUT2D eigenvalue weighted by Gasteiger charge is -2.37. The van der Waals surface area contributed by atoms with Crippen molar-refractivity contribution in [2.24, 2.45) is 11.8 Å². The molecule has 1 N–H and O–H groups in total. The number of carbonyl (C=O) groups is 3. The molecule has 3 aromatic rings. The van der Waals surface area contributed by atoms with Crippen molar-refractivity contribution in [2.45, 2.75) is 35.5 Å². The summed E-state index contributed by atoms with van der Waals surface area (Å²) >= 11 is 3.75. The van der Waals surface area contributed by atoms with Crippen LogP contribution in [0.1, 0.15) is 12.0 Å². The molecule has 3 saturated heterocycles. The van der Waals surface area contributed by atoms with Gasteiger partial charge in [0, 0.05) is 36.7 Å². The second-order valence-electron chi connectivity index (χ2n) is 11.7. The fraction of sp³-hybridized carbons (Fsp3) is 0.343. The number of β-amino-alcohol motifs (C(OH)–C–C–N with tert-alkyl or cyclic N) is 1. The molecule has 2 bridgehead atoms. The zero-order chi connectivity index (χ0) is 31.0. The summed E-state index contributed by atoms with van der Waals surface area (Å²) in [4.78, 5) is 47.8. The Hall–Kier alpha value is -3.79. The third kappa shape index (κ3) is 4.97. The molecule has 3 aliphatic rings. The average molecular weight is 659 g/mol. The van der Waals surface area contributed by atoms with Crippen LogP contribution in [0.3, 0.4) is 0 Å². The number of carbonyl (C=O) groups excluding carboxylic acids is 3. The molecule has 0 saturated carbocycles. The van der Waals surface area contributed by atoms with Gasteiger partial charge in [0.25, 0.3) is 5.91 Å². The monoisotopic (exact) mass is 657 g/mol. The van der Waals surface area contributed by atoms with Crippen molar-refractivity contribution in [1.29, 1.82) is 0 Å². The smallest absolute Gasteiger partial charge is 0.253 e. The van der Waals surface area contributed by atoms with E-state index in [1.54, 1.807) is 22.0 Å². The summed E-state index contributed by atoms with van der Waals surface area (Å²) in [6.45, 7) is 8.24. The molecule has 0 aliphatic carbocycles. The number of benzene rings is 3. The first-order valence-corrected chi connectivity index (χ1v) is 15.8. The van der Waals surface area contributed by atoms with Crippen LogP contribution in [0.4, 0.5) is 5.69 Å². The van der Waals surface area contributed by atoms with Crippen molar-refractivity contribution in [3.63, 3.8) is 0 Å². The van der Waals surface area contributed by atoms with E-state index in [0.29, 0.717) is 25.2 Å². The fourth-order valence-corrected chi connectivity index (χ4v) is 8.33. The molecule has 6 rings (SSSR count). The zero-order valence-electron chi connectivity index (χ0n) is 24.4. The minimum Gasteiger partial charge on any atom is -0.395 e. The van der Waals surface area contributed by atoms with Gasteiger partial charge in [-0.1, -0.05) is 88.7 Å². The maximum absolute atomic E-state index is 14.7. The van der Waals surface area contributed by atoms with Crippen LogP contribution >= 0.6 is 15.9 Å². The summed E-state index contributed by atoms with van der Waals surface area (Å²) in [6.07, 6.45) is 3.13. The van der Waals surface area contributed by atoms with Gasteiger partial charge in [-0.3, -0.25) is 14.4 Å². The minimum absolute atomic E-state index is 0.0462.